The second-order valence-electron chi connectivity index (χ2n) is 4.51. The summed E-state index contributed by atoms with van der Waals surface area (Å²) >= 11 is 3.24. The lowest BCUT2D eigenvalue weighted by atomic mass is 10.3. The molecule has 0 atom stereocenters. The first kappa shape index (κ1) is 18.2. The zero-order valence-electron chi connectivity index (χ0n) is 12.2. The van der Waals surface area contributed by atoms with Crippen LogP contribution < -0.4 is 10.5 Å². The van der Waals surface area contributed by atoms with Crippen molar-refractivity contribution in [2.24, 2.45) is 0 Å². The van der Waals surface area contributed by atoms with Crippen molar-refractivity contribution in [3.63, 3.8) is 0 Å². The van der Waals surface area contributed by atoms with Crippen molar-refractivity contribution in [3.05, 3.63) is 16.6 Å². The minimum atomic E-state index is -3.77. The van der Waals surface area contributed by atoms with Crippen molar-refractivity contribution in [1.29, 1.82) is 0 Å². The molecule has 0 aliphatic carbocycles. The van der Waals surface area contributed by atoms with Crippen LogP contribution in [0.4, 0.5) is 5.69 Å². The Bertz CT molecular complexity index is 578. The molecule has 3 N–H and O–H groups in total. The maximum Gasteiger partial charge on any atom is 0.246 e. The number of ether oxygens (including phenoxy) is 1. The summed E-state index contributed by atoms with van der Waals surface area (Å²) < 4.78 is 32.4. The molecule has 0 fully saturated rings. The number of hydrogen-bond acceptors (Lipinski definition) is 5. The van der Waals surface area contributed by atoms with Gasteiger partial charge in [0.2, 0.25) is 10.0 Å². The van der Waals surface area contributed by atoms with Gasteiger partial charge in [0, 0.05) is 23.2 Å². The van der Waals surface area contributed by atoms with E-state index >= 15 is 0 Å². The lowest BCUT2D eigenvalue weighted by Gasteiger charge is -2.22. The van der Waals surface area contributed by atoms with E-state index in [0.29, 0.717) is 23.1 Å². The maximum atomic E-state index is 12.7. The Hall–Kier alpha value is -0.830. The van der Waals surface area contributed by atoms with E-state index in [-0.39, 0.29) is 23.8 Å². The topological polar surface area (TPSA) is 92.9 Å². The number of aliphatic hydroxyl groups excluding tert-OH is 1. The first-order chi connectivity index (χ1) is 9.88. The number of unbranched alkanes of at least 4 members (excludes halogenated alkanes) is 1. The number of methoxy groups -OCH3 is 1. The van der Waals surface area contributed by atoms with E-state index in [0.717, 1.165) is 6.42 Å². The summed E-state index contributed by atoms with van der Waals surface area (Å²) in [6, 6.07) is 2.90. The van der Waals surface area contributed by atoms with Crippen LogP contribution in [0.2, 0.25) is 0 Å². The third-order valence-electron chi connectivity index (χ3n) is 3.01. The number of rotatable bonds is 8. The number of nitrogens with zero attached hydrogens (tertiary/aromatic N) is 1. The zero-order valence-corrected chi connectivity index (χ0v) is 14.6. The van der Waals surface area contributed by atoms with Crippen LogP contribution in [0.3, 0.4) is 0 Å². The van der Waals surface area contributed by atoms with Gasteiger partial charge in [0.1, 0.15) is 10.6 Å². The van der Waals surface area contributed by atoms with Gasteiger partial charge in [-0.2, -0.15) is 4.31 Å². The molecule has 1 aromatic rings. The molecule has 1 aromatic carbocycles. The van der Waals surface area contributed by atoms with E-state index in [1.165, 1.54) is 23.5 Å². The highest BCUT2D eigenvalue weighted by Crippen LogP contribution is 2.34. The number of halogens is 1. The van der Waals surface area contributed by atoms with Gasteiger partial charge in [-0.05, 0) is 34.5 Å². The average Bonchev–Trinajstić information content (AvgIpc) is 2.45. The molecule has 0 saturated heterocycles. The highest BCUT2D eigenvalue weighted by molar-refractivity contribution is 9.10. The summed E-state index contributed by atoms with van der Waals surface area (Å²) in [5, 5.41) is 9.10. The maximum absolute atomic E-state index is 12.7. The molecular formula is C13H21BrN2O4S. The molecule has 6 nitrogen and oxygen atoms in total. The van der Waals surface area contributed by atoms with Crippen molar-refractivity contribution in [1.82, 2.24) is 4.31 Å². The predicted octanol–water partition coefficient (Wildman–Crippen LogP) is 1.82. The number of aliphatic hydroxyl groups is 1. The Morgan fingerprint density at radius 2 is 2.05 bits per heavy atom. The van der Waals surface area contributed by atoms with Gasteiger partial charge in [0.05, 0.1) is 13.7 Å². The SMILES string of the molecule is CCCCN(CCO)S(=O)(=O)c1cc(N)c(Br)cc1OC. The molecule has 0 unspecified atom stereocenters. The van der Waals surface area contributed by atoms with Crippen LogP contribution in [0.25, 0.3) is 0 Å². The molecule has 0 saturated carbocycles. The van der Waals surface area contributed by atoms with Gasteiger partial charge in [-0.15, -0.1) is 0 Å². The molecular weight excluding hydrogens is 360 g/mol. The van der Waals surface area contributed by atoms with Crippen molar-refractivity contribution in [3.8, 4) is 5.75 Å². The van der Waals surface area contributed by atoms with Crippen LogP contribution >= 0.6 is 15.9 Å². The largest absolute Gasteiger partial charge is 0.495 e. The van der Waals surface area contributed by atoms with E-state index in [4.69, 9.17) is 15.6 Å². The summed E-state index contributed by atoms with van der Waals surface area (Å²) in [6.45, 7) is 2.12. The highest BCUT2D eigenvalue weighted by Gasteiger charge is 2.28. The molecule has 0 aliphatic rings. The summed E-state index contributed by atoms with van der Waals surface area (Å²) in [7, 11) is -2.37. The molecule has 0 spiro atoms. The quantitative estimate of drug-likeness (QED) is 0.670. The number of benzene rings is 1. The van der Waals surface area contributed by atoms with Crippen molar-refractivity contribution < 1.29 is 18.3 Å². The van der Waals surface area contributed by atoms with E-state index in [1.807, 2.05) is 6.92 Å². The molecule has 0 aliphatic heterocycles. The van der Waals surface area contributed by atoms with E-state index in [2.05, 4.69) is 15.9 Å². The Morgan fingerprint density at radius 3 is 2.57 bits per heavy atom. The van der Waals surface area contributed by atoms with Crippen LogP contribution in [0.5, 0.6) is 5.75 Å². The molecule has 120 valence electrons. The van der Waals surface area contributed by atoms with Gasteiger partial charge < -0.3 is 15.6 Å². The number of hydrogen-bond donors (Lipinski definition) is 2. The van der Waals surface area contributed by atoms with Crippen LogP contribution in [-0.2, 0) is 10.0 Å². The lowest BCUT2D eigenvalue weighted by Crippen LogP contribution is -2.34. The monoisotopic (exact) mass is 380 g/mol. The highest BCUT2D eigenvalue weighted by atomic mass is 79.9. The van der Waals surface area contributed by atoms with Gasteiger partial charge in [-0.1, -0.05) is 13.3 Å². The second kappa shape index (κ2) is 7.98. The van der Waals surface area contributed by atoms with Crippen molar-refractivity contribution >= 4 is 31.6 Å². The summed E-state index contributed by atoms with van der Waals surface area (Å²) in [5.41, 5.74) is 6.09. The van der Waals surface area contributed by atoms with Crippen LogP contribution in [0.15, 0.2) is 21.5 Å². The summed E-state index contributed by atoms with van der Waals surface area (Å²) in [6.07, 6.45) is 1.57. The molecule has 8 heteroatoms. The predicted molar refractivity (Wildman–Crippen MR) is 85.9 cm³/mol. The molecule has 0 amide bonds. The number of sulfonamides is 1. The molecule has 0 radical (unpaired) electrons. The number of anilines is 1. The third kappa shape index (κ3) is 4.32. The van der Waals surface area contributed by atoms with E-state index in [1.54, 1.807) is 0 Å². The standard InChI is InChI=1S/C13H21BrN2O4S/c1-3-4-5-16(6-7-17)21(18,19)13-9-11(15)10(14)8-12(13)20-2/h8-9,17H,3-7,15H2,1-2H3. The van der Waals surface area contributed by atoms with Gasteiger partial charge in [-0.25, -0.2) is 8.42 Å². The van der Waals surface area contributed by atoms with Gasteiger partial charge in [0.15, 0.2) is 0 Å². The Morgan fingerprint density at radius 1 is 1.38 bits per heavy atom. The van der Waals surface area contributed by atoms with Gasteiger partial charge in [-0.3, -0.25) is 0 Å². The number of nitrogens with two attached hydrogens (primary N) is 1. The minimum Gasteiger partial charge on any atom is -0.495 e. The van der Waals surface area contributed by atoms with Crippen molar-refractivity contribution in [2.75, 3.05) is 32.5 Å². The smallest absolute Gasteiger partial charge is 0.246 e. The molecule has 0 heterocycles. The third-order valence-corrected chi connectivity index (χ3v) is 5.62. The van der Waals surface area contributed by atoms with E-state index in [9.17, 15) is 8.42 Å². The van der Waals surface area contributed by atoms with E-state index < -0.39 is 10.0 Å². The summed E-state index contributed by atoms with van der Waals surface area (Å²) in [4.78, 5) is 0.00949. The fourth-order valence-corrected chi connectivity index (χ4v) is 3.81. The fourth-order valence-electron chi connectivity index (χ4n) is 1.85. The van der Waals surface area contributed by atoms with Crippen LogP contribution in [-0.4, -0.2) is 44.6 Å². The lowest BCUT2D eigenvalue weighted by molar-refractivity contribution is 0.252. The minimum absolute atomic E-state index is 0.00949. The molecule has 0 bridgehead atoms. The Kier molecular flexibility index (Phi) is 6.92. The average molecular weight is 381 g/mol. The summed E-state index contributed by atoms with van der Waals surface area (Å²) in [5.74, 6) is 0.218. The first-order valence-electron chi connectivity index (χ1n) is 6.62. The first-order valence-corrected chi connectivity index (χ1v) is 8.85. The fraction of sp³-hybridized carbons (Fsp3) is 0.538. The normalized spacial score (nSPS) is 11.9. The molecule has 0 aromatic heterocycles. The number of nitrogen functional groups attached to an aromatic ring is 1. The van der Waals surface area contributed by atoms with Gasteiger partial charge >= 0.3 is 0 Å². The Labute approximate surface area is 134 Å². The molecule has 21 heavy (non-hydrogen) atoms. The zero-order chi connectivity index (χ0) is 16.0. The van der Waals surface area contributed by atoms with Crippen LogP contribution in [0, 0.1) is 0 Å². The van der Waals surface area contributed by atoms with Crippen LogP contribution in [0.1, 0.15) is 19.8 Å². The Balaban J connectivity index is 3.29. The van der Waals surface area contributed by atoms with Crippen molar-refractivity contribution in [2.45, 2.75) is 24.7 Å². The molecule has 1 rings (SSSR count). The van der Waals surface area contributed by atoms with Gasteiger partial charge in [0.25, 0.3) is 0 Å². The second-order valence-corrected chi connectivity index (χ2v) is 7.27.